The predicted molar refractivity (Wildman–Crippen MR) is 109 cm³/mol. The first kappa shape index (κ1) is 15.5. The summed E-state index contributed by atoms with van der Waals surface area (Å²) < 4.78 is 0. The summed E-state index contributed by atoms with van der Waals surface area (Å²) in [6.07, 6.45) is 4.57. The van der Waals surface area contributed by atoms with Gasteiger partial charge < -0.3 is 10.6 Å². The standard InChI is InChI=1S/C24H24N2/c1-3-7-17(8-4-1)21-15-13-19-11-12-20-14-16-22(18-9-5-2-6-10-18)26-24(20)23(19)25-21/h1-12,21-22,25-26H,13-16H2. The Morgan fingerprint density at radius 2 is 0.962 bits per heavy atom. The smallest absolute Gasteiger partial charge is 0.0616 e. The average Bonchev–Trinajstić information content (AvgIpc) is 2.74. The molecule has 0 aromatic heterocycles. The molecular weight excluding hydrogens is 316 g/mol. The van der Waals surface area contributed by atoms with Crippen molar-refractivity contribution in [1.29, 1.82) is 0 Å². The molecule has 26 heavy (non-hydrogen) atoms. The second-order valence-corrected chi connectivity index (χ2v) is 7.43. The molecule has 0 spiro atoms. The van der Waals surface area contributed by atoms with Gasteiger partial charge in [0.25, 0.3) is 0 Å². The van der Waals surface area contributed by atoms with E-state index >= 15 is 0 Å². The minimum atomic E-state index is 0.397. The first-order valence-electron chi connectivity index (χ1n) is 9.66. The summed E-state index contributed by atoms with van der Waals surface area (Å²) in [6.45, 7) is 0. The number of fused-ring (bicyclic) bond motifs is 3. The summed E-state index contributed by atoms with van der Waals surface area (Å²) in [5.74, 6) is 0. The van der Waals surface area contributed by atoms with Crippen LogP contribution in [-0.2, 0) is 12.8 Å². The highest BCUT2D eigenvalue weighted by Crippen LogP contribution is 2.43. The van der Waals surface area contributed by atoms with Crippen LogP contribution in [0.25, 0.3) is 0 Å². The third-order valence-corrected chi connectivity index (χ3v) is 5.82. The molecule has 2 aliphatic rings. The van der Waals surface area contributed by atoms with Crippen LogP contribution < -0.4 is 10.6 Å². The molecule has 130 valence electrons. The first-order chi connectivity index (χ1) is 12.9. The topological polar surface area (TPSA) is 24.1 Å². The predicted octanol–water partition coefficient (Wildman–Crippen LogP) is 5.89. The molecule has 0 fully saturated rings. The van der Waals surface area contributed by atoms with E-state index in [1.807, 2.05) is 0 Å². The number of rotatable bonds is 2. The number of benzene rings is 3. The Bertz CT molecular complexity index is 826. The van der Waals surface area contributed by atoms with Crippen molar-refractivity contribution in [3.8, 4) is 0 Å². The fraction of sp³-hybridized carbons (Fsp3) is 0.250. The molecule has 2 heteroatoms. The number of anilines is 2. The lowest BCUT2D eigenvalue weighted by Crippen LogP contribution is -2.24. The Kier molecular flexibility index (Phi) is 3.89. The van der Waals surface area contributed by atoms with Crippen molar-refractivity contribution in [3.05, 3.63) is 95.1 Å². The van der Waals surface area contributed by atoms with Gasteiger partial charge in [0, 0.05) is 0 Å². The Morgan fingerprint density at radius 1 is 0.538 bits per heavy atom. The van der Waals surface area contributed by atoms with Crippen LogP contribution in [0.4, 0.5) is 11.4 Å². The molecule has 3 aromatic rings. The highest BCUT2D eigenvalue weighted by atomic mass is 15.0. The molecule has 0 saturated heterocycles. The molecule has 3 aromatic carbocycles. The molecule has 2 nitrogen and oxygen atoms in total. The van der Waals surface area contributed by atoms with E-state index in [0.717, 1.165) is 25.7 Å². The van der Waals surface area contributed by atoms with E-state index in [1.165, 1.54) is 33.6 Å². The minimum absolute atomic E-state index is 0.397. The van der Waals surface area contributed by atoms with E-state index in [1.54, 1.807) is 0 Å². The van der Waals surface area contributed by atoms with Gasteiger partial charge in [0.2, 0.25) is 0 Å². The summed E-state index contributed by atoms with van der Waals surface area (Å²) in [4.78, 5) is 0. The van der Waals surface area contributed by atoms with Crippen LogP contribution in [0.3, 0.4) is 0 Å². The van der Waals surface area contributed by atoms with Crippen LogP contribution in [0.2, 0.25) is 0 Å². The highest BCUT2D eigenvalue weighted by Gasteiger charge is 2.27. The van der Waals surface area contributed by atoms with Gasteiger partial charge in [-0.15, -0.1) is 0 Å². The van der Waals surface area contributed by atoms with Gasteiger partial charge in [-0.2, -0.15) is 0 Å². The lowest BCUT2D eigenvalue weighted by atomic mass is 9.87. The summed E-state index contributed by atoms with van der Waals surface area (Å²) in [5, 5.41) is 7.70. The van der Waals surface area contributed by atoms with Crippen molar-refractivity contribution in [2.75, 3.05) is 10.6 Å². The summed E-state index contributed by atoms with van der Waals surface area (Å²) in [6, 6.07) is 27.1. The van der Waals surface area contributed by atoms with E-state index in [4.69, 9.17) is 0 Å². The normalized spacial score (nSPS) is 21.1. The van der Waals surface area contributed by atoms with Crippen molar-refractivity contribution in [2.45, 2.75) is 37.8 Å². The van der Waals surface area contributed by atoms with Crippen LogP contribution in [0.5, 0.6) is 0 Å². The second-order valence-electron chi connectivity index (χ2n) is 7.43. The molecule has 0 saturated carbocycles. The molecule has 0 bridgehead atoms. The Hall–Kier alpha value is -2.74. The van der Waals surface area contributed by atoms with Crippen molar-refractivity contribution < 1.29 is 0 Å². The van der Waals surface area contributed by atoms with Gasteiger partial charge in [0.05, 0.1) is 23.5 Å². The lowest BCUT2D eigenvalue weighted by molar-refractivity contribution is 0.649. The third-order valence-electron chi connectivity index (χ3n) is 5.82. The fourth-order valence-corrected chi connectivity index (χ4v) is 4.40. The first-order valence-corrected chi connectivity index (χ1v) is 9.66. The van der Waals surface area contributed by atoms with Crippen LogP contribution in [-0.4, -0.2) is 0 Å². The third kappa shape index (κ3) is 2.76. The van der Waals surface area contributed by atoms with E-state index in [9.17, 15) is 0 Å². The van der Waals surface area contributed by atoms with Gasteiger partial charge in [-0.1, -0.05) is 72.8 Å². The van der Waals surface area contributed by atoms with Gasteiger partial charge >= 0.3 is 0 Å². The zero-order chi connectivity index (χ0) is 17.3. The monoisotopic (exact) mass is 340 g/mol. The van der Waals surface area contributed by atoms with Crippen LogP contribution in [0.1, 0.15) is 47.2 Å². The zero-order valence-corrected chi connectivity index (χ0v) is 14.9. The molecule has 2 heterocycles. The number of aryl methyl sites for hydroxylation is 2. The maximum atomic E-state index is 3.85. The molecular formula is C24H24N2. The number of hydrogen-bond donors (Lipinski definition) is 2. The largest absolute Gasteiger partial charge is 0.376 e. The Balaban J connectivity index is 1.49. The molecule has 0 radical (unpaired) electrons. The molecule has 0 amide bonds. The number of hydrogen-bond acceptors (Lipinski definition) is 2. The maximum absolute atomic E-state index is 3.85. The van der Waals surface area contributed by atoms with Crippen molar-refractivity contribution in [1.82, 2.24) is 0 Å². The summed E-state index contributed by atoms with van der Waals surface area (Å²) in [5.41, 5.74) is 8.29. The molecule has 5 rings (SSSR count). The Labute approximate surface area is 155 Å². The lowest BCUT2D eigenvalue weighted by Gasteiger charge is -2.35. The highest BCUT2D eigenvalue weighted by molar-refractivity contribution is 5.78. The molecule has 2 N–H and O–H groups in total. The minimum Gasteiger partial charge on any atom is -0.376 e. The maximum Gasteiger partial charge on any atom is 0.0616 e. The van der Waals surface area contributed by atoms with Crippen molar-refractivity contribution in [2.24, 2.45) is 0 Å². The van der Waals surface area contributed by atoms with E-state index in [2.05, 4.69) is 83.4 Å². The van der Waals surface area contributed by atoms with Gasteiger partial charge in [-0.3, -0.25) is 0 Å². The number of nitrogens with one attached hydrogen (secondary N) is 2. The SMILES string of the molecule is c1ccc(C2CCc3ccc4c(c3N2)NC(c2ccccc2)CC4)cc1. The van der Waals surface area contributed by atoms with E-state index in [0.29, 0.717) is 12.1 Å². The van der Waals surface area contributed by atoms with E-state index < -0.39 is 0 Å². The average molecular weight is 340 g/mol. The van der Waals surface area contributed by atoms with Crippen molar-refractivity contribution >= 4 is 11.4 Å². The molecule has 2 unspecified atom stereocenters. The van der Waals surface area contributed by atoms with Gasteiger partial charge in [0.1, 0.15) is 0 Å². The van der Waals surface area contributed by atoms with Gasteiger partial charge in [0.15, 0.2) is 0 Å². The molecule has 2 aliphatic heterocycles. The second kappa shape index (κ2) is 6.53. The Morgan fingerprint density at radius 3 is 1.38 bits per heavy atom. The molecule has 2 atom stereocenters. The van der Waals surface area contributed by atoms with Crippen LogP contribution >= 0.6 is 0 Å². The van der Waals surface area contributed by atoms with Crippen LogP contribution in [0, 0.1) is 0 Å². The van der Waals surface area contributed by atoms with Crippen LogP contribution in [0.15, 0.2) is 72.8 Å². The quantitative estimate of drug-likeness (QED) is 0.608. The zero-order valence-electron chi connectivity index (χ0n) is 14.9. The van der Waals surface area contributed by atoms with E-state index in [-0.39, 0.29) is 0 Å². The molecule has 0 aliphatic carbocycles. The summed E-state index contributed by atoms with van der Waals surface area (Å²) >= 11 is 0. The van der Waals surface area contributed by atoms with Gasteiger partial charge in [-0.05, 0) is 47.9 Å². The fourth-order valence-electron chi connectivity index (χ4n) is 4.40. The summed E-state index contributed by atoms with van der Waals surface area (Å²) in [7, 11) is 0. The van der Waals surface area contributed by atoms with Crippen molar-refractivity contribution in [3.63, 3.8) is 0 Å². The van der Waals surface area contributed by atoms with Gasteiger partial charge in [-0.25, -0.2) is 0 Å².